The first-order chi connectivity index (χ1) is 39.1. The summed E-state index contributed by atoms with van der Waals surface area (Å²) in [6.45, 7) is 0. The summed E-state index contributed by atoms with van der Waals surface area (Å²) in [4.78, 5) is 4.67. The van der Waals surface area contributed by atoms with Crippen LogP contribution < -0.4 is 20.4 Å². The van der Waals surface area contributed by atoms with Crippen LogP contribution in [0.3, 0.4) is 0 Å². The van der Waals surface area contributed by atoms with Crippen LogP contribution in [0.15, 0.2) is 290 Å². The number of rotatable bonds is 10. The van der Waals surface area contributed by atoms with E-state index in [1.165, 1.54) is 70.5 Å². The van der Waals surface area contributed by atoms with E-state index in [0.29, 0.717) is 0 Å². The molecule has 79 heavy (non-hydrogen) atoms. The van der Waals surface area contributed by atoms with Gasteiger partial charge in [-0.2, -0.15) is 0 Å². The van der Waals surface area contributed by atoms with Gasteiger partial charge in [-0.25, -0.2) is 0 Å². The minimum absolute atomic E-state index is 1.11. The lowest BCUT2D eigenvalue weighted by Crippen LogP contribution is -2.09. The van der Waals surface area contributed by atoms with Crippen molar-refractivity contribution in [3.63, 3.8) is 0 Å². The van der Waals surface area contributed by atoms with E-state index >= 15 is 0 Å². The standard InChI is InChI=1S/C38H26N2S2.C26H18N2S2.C6H5Br/c1-5-13-27(14-6-1)39(28-15-7-2-8-16-28)31-21-23-33-35(25-31)41-38-34-24-22-32(26-36(34)42-37(33)38)40(29-17-9-3-10-18-29)30-19-11-4-12-20-30;1-3-7-17(8-4-1)27-19-11-13-21-23(15-19)29-26-22-14-12-20(16-24(22)30-25(21)26)28-18-9-5-2-6-10-18;7-6-4-2-1-3-5-6/h1-26H;1-16,27-28H;1-5H. The fourth-order valence-corrected chi connectivity index (χ4v) is 15.7. The lowest BCUT2D eigenvalue weighted by Gasteiger charge is -2.25. The Morgan fingerprint density at radius 1 is 0.241 bits per heavy atom. The normalized spacial score (nSPS) is 11.1. The molecule has 0 saturated carbocycles. The molecule has 2 N–H and O–H groups in total. The Kier molecular flexibility index (Phi) is 14.4. The minimum atomic E-state index is 1.11. The van der Waals surface area contributed by atoms with Crippen molar-refractivity contribution >= 4 is 177 Å². The molecule has 15 aromatic rings. The number of benzene rings is 11. The molecule has 0 aliphatic heterocycles. The van der Waals surface area contributed by atoms with Crippen molar-refractivity contribution in [2.75, 3.05) is 20.4 Å². The van der Waals surface area contributed by atoms with Crippen molar-refractivity contribution in [1.29, 1.82) is 0 Å². The molecule has 15 rings (SSSR count). The van der Waals surface area contributed by atoms with E-state index in [0.717, 1.165) is 50.0 Å². The maximum Gasteiger partial charge on any atom is 0.0542 e. The van der Waals surface area contributed by atoms with Gasteiger partial charge in [0.25, 0.3) is 0 Å². The molecule has 0 aliphatic rings. The summed E-state index contributed by atoms with van der Waals surface area (Å²) < 4.78 is 11.9. The molecule has 380 valence electrons. The number of nitrogens with zero attached hydrogens (tertiary/aromatic N) is 2. The molecule has 0 atom stereocenters. The van der Waals surface area contributed by atoms with E-state index in [2.05, 4.69) is 279 Å². The summed E-state index contributed by atoms with van der Waals surface area (Å²) in [7, 11) is 0. The molecule has 4 nitrogen and oxygen atoms in total. The second-order valence-electron chi connectivity index (χ2n) is 18.8. The highest BCUT2D eigenvalue weighted by Crippen LogP contribution is 2.49. The zero-order valence-corrected chi connectivity index (χ0v) is 47.4. The summed E-state index contributed by atoms with van der Waals surface area (Å²) in [5, 5.41) is 12.3. The average molecular weight is 1150 g/mol. The smallest absolute Gasteiger partial charge is 0.0542 e. The lowest BCUT2D eigenvalue weighted by atomic mass is 10.1. The Morgan fingerprint density at radius 2 is 0.506 bits per heavy atom. The van der Waals surface area contributed by atoms with Crippen LogP contribution >= 0.6 is 61.3 Å². The van der Waals surface area contributed by atoms with Crippen molar-refractivity contribution in [3.05, 3.63) is 290 Å². The third-order valence-electron chi connectivity index (χ3n) is 13.6. The fraction of sp³-hybridized carbons (Fsp3) is 0. The number of thiophene rings is 4. The maximum absolute atomic E-state index is 3.50. The second kappa shape index (κ2) is 22.8. The second-order valence-corrected chi connectivity index (χ2v) is 23.9. The third-order valence-corrected chi connectivity index (χ3v) is 19.1. The van der Waals surface area contributed by atoms with E-state index in [-0.39, 0.29) is 0 Å². The number of nitrogens with one attached hydrogen (secondary N) is 2. The predicted molar refractivity (Wildman–Crippen MR) is 352 cm³/mol. The number of hydrogen-bond acceptors (Lipinski definition) is 8. The fourth-order valence-electron chi connectivity index (χ4n) is 9.92. The summed E-state index contributed by atoms with van der Waals surface area (Å²) >= 11 is 10.9. The van der Waals surface area contributed by atoms with Crippen molar-refractivity contribution < 1.29 is 0 Å². The first kappa shape index (κ1) is 50.0. The van der Waals surface area contributed by atoms with Crippen molar-refractivity contribution in [2.45, 2.75) is 0 Å². The molecule has 11 aromatic carbocycles. The van der Waals surface area contributed by atoms with Gasteiger partial charge >= 0.3 is 0 Å². The van der Waals surface area contributed by atoms with Crippen LogP contribution in [0, 0.1) is 0 Å². The first-order valence-electron chi connectivity index (χ1n) is 26.0. The van der Waals surface area contributed by atoms with Gasteiger partial charge in [-0.3, -0.25) is 0 Å². The van der Waals surface area contributed by atoms with Gasteiger partial charge in [-0.1, -0.05) is 168 Å². The van der Waals surface area contributed by atoms with Gasteiger partial charge in [0.05, 0.1) is 18.8 Å². The topological polar surface area (TPSA) is 30.5 Å². The average Bonchev–Trinajstić information content (AvgIpc) is 4.41. The van der Waals surface area contributed by atoms with E-state index < -0.39 is 0 Å². The highest BCUT2D eigenvalue weighted by molar-refractivity contribution is 9.10. The Hall–Kier alpha value is -8.54. The first-order valence-corrected chi connectivity index (χ1v) is 30.0. The predicted octanol–water partition coefficient (Wildman–Crippen LogP) is 23.4. The summed E-state index contributed by atoms with van der Waals surface area (Å²) in [5.74, 6) is 0. The highest BCUT2D eigenvalue weighted by Gasteiger charge is 2.19. The van der Waals surface area contributed by atoms with Crippen LogP contribution in [-0.2, 0) is 0 Å². The zero-order valence-electron chi connectivity index (χ0n) is 42.5. The quantitative estimate of drug-likeness (QED) is 0.143. The van der Waals surface area contributed by atoms with Gasteiger partial charge < -0.3 is 20.4 Å². The number of hydrogen-bond donors (Lipinski definition) is 2. The van der Waals surface area contributed by atoms with Gasteiger partial charge in [0.1, 0.15) is 0 Å². The molecular formula is C70H49BrN4S4. The number of halogens is 1. The van der Waals surface area contributed by atoms with E-state index in [9.17, 15) is 0 Å². The number of anilines is 10. The highest BCUT2D eigenvalue weighted by atomic mass is 79.9. The number of fused-ring (bicyclic) bond motifs is 10. The maximum atomic E-state index is 3.50. The molecule has 0 fully saturated rings. The summed E-state index contributed by atoms with van der Waals surface area (Å²) in [6, 6.07) is 100. The Bertz CT molecular complexity index is 4140. The van der Waals surface area contributed by atoms with E-state index in [1.54, 1.807) is 0 Å². The lowest BCUT2D eigenvalue weighted by molar-refractivity contribution is 1.29. The monoisotopic (exact) mass is 1150 g/mol. The van der Waals surface area contributed by atoms with Crippen molar-refractivity contribution in [1.82, 2.24) is 0 Å². The van der Waals surface area contributed by atoms with E-state index in [4.69, 9.17) is 0 Å². The van der Waals surface area contributed by atoms with Crippen LogP contribution in [-0.4, -0.2) is 0 Å². The molecule has 0 aliphatic carbocycles. The molecule has 0 bridgehead atoms. The molecule has 4 aromatic heterocycles. The number of para-hydroxylation sites is 6. The van der Waals surface area contributed by atoms with Gasteiger partial charge in [-0.15, -0.1) is 45.3 Å². The van der Waals surface area contributed by atoms with Gasteiger partial charge in [-0.05, 0) is 133 Å². The molecule has 0 radical (unpaired) electrons. The molecule has 0 unspecified atom stereocenters. The van der Waals surface area contributed by atoms with Gasteiger partial charge in [0.15, 0.2) is 0 Å². The van der Waals surface area contributed by atoms with Crippen LogP contribution in [0.4, 0.5) is 56.9 Å². The van der Waals surface area contributed by atoms with Gasteiger partial charge in [0.2, 0.25) is 0 Å². The van der Waals surface area contributed by atoms with Crippen molar-refractivity contribution in [2.24, 2.45) is 0 Å². The largest absolute Gasteiger partial charge is 0.355 e. The van der Waals surface area contributed by atoms with Crippen LogP contribution in [0.2, 0.25) is 0 Å². The third kappa shape index (κ3) is 10.8. The molecule has 4 heterocycles. The van der Waals surface area contributed by atoms with E-state index in [1.807, 2.05) is 87.8 Å². The summed E-state index contributed by atoms with van der Waals surface area (Å²) in [5.41, 5.74) is 11.4. The van der Waals surface area contributed by atoms with Gasteiger partial charge in [0, 0.05) is 102 Å². The minimum Gasteiger partial charge on any atom is -0.355 e. The Morgan fingerprint density at radius 3 is 0.797 bits per heavy atom. The van der Waals surface area contributed by atoms with Crippen molar-refractivity contribution in [3.8, 4) is 0 Å². The molecule has 0 spiro atoms. The van der Waals surface area contributed by atoms with Crippen LogP contribution in [0.5, 0.6) is 0 Å². The van der Waals surface area contributed by atoms with Crippen LogP contribution in [0.25, 0.3) is 59.1 Å². The summed E-state index contributed by atoms with van der Waals surface area (Å²) in [6.07, 6.45) is 0. The Balaban J connectivity index is 0.000000139. The zero-order chi connectivity index (χ0) is 52.9. The molecule has 0 saturated heterocycles. The Labute approximate surface area is 483 Å². The molecule has 9 heteroatoms. The SMILES string of the molecule is Brc1ccccc1.c1ccc(N(c2ccccc2)c2ccc3c(c2)sc2c4ccc(N(c5ccccc5)c5ccccc5)cc4sc32)cc1.c1ccc(Nc2ccc3c(c2)sc2c4ccc(Nc5ccccc5)cc4sc32)cc1. The molecule has 0 amide bonds. The van der Waals surface area contributed by atoms with Crippen LogP contribution in [0.1, 0.15) is 0 Å². The molecular weight excluding hydrogens is 1100 g/mol.